The third-order valence-corrected chi connectivity index (χ3v) is 14.2. The summed E-state index contributed by atoms with van der Waals surface area (Å²) in [5, 5.41) is 13.3. The fourth-order valence-electron chi connectivity index (χ4n) is 11.1. The Morgan fingerprint density at radius 1 is 0.382 bits per heavy atom. The lowest BCUT2D eigenvalue weighted by Gasteiger charge is -2.30. The molecular weight excluding hydrogens is 823 g/mol. The average molecular weight is 868 g/mol. The summed E-state index contributed by atoms with van der Waals surface area (Å²) in [6.07, 6.45) is 0.925. The first-order valence-corrected chi connectivity index (χ1v) is 23.7. The van der Waals surface area contributed by atoms with E-state index in [2.05, 4.69) is 237 Å². The minimum atomic E-state index is -0.0706. The summed E-state index contributed by atoms with van der Waals surface area (Å²) in [7, 11) is 0. The van der Waals surface area contributed by atoms with Crippen molar-refractivity contribution in [2.45, 2.75) is 19.4 Å². The van der Waals surface area contributed by atoms with Gasteiger partial charge in [-0.2, -0.15) is 0 Å². The maximum Gasteiger partial charge on any atom is 0.160 e. The molecule has 0 N–H and O–H groups in total. The van der Waals surface area contributed by atoms with Gasteiger partial charge in [0.1, 0.15) is 0 Å². The molecule has 68 heavy (non-hydrogen) atoms. The average Bonchev–Trinajstić information content (AvgIpc) is 3.41. The van der Waals surface area contributed by atoms with Crippen LogP contribution in [0, 0.1) is 5.92 Å². The van der Waals surface area contributed by atoms with Gasteiger partial charge in [-0.15, -0.1) is 0 Å². The molecule has 1 aliphatic heterocycles. The van der Waals surface area contributed by atoms with Crippen LogP contribution in [0.1, 0.15) is 30.5 Å². The number of nitrogens with zero attached hydrogens (tertiary/aromatic N) is 3. The zero-order chi connectivity index (χ0) is 45.1. The van der Waals surface area contributed by atoms with E-state index in [1.54, 1.807) is 0 Å². The molecule has 13 rings (SSSR count). The van der Waals surface area contributed by atoms with E-state index in [1.165, 1.54) is 81.7 Å². The molecule has 12 aromatic rings. The number of para-hydroxylation sites is 2. The monoisotopic (exact) mass is 867 g/mol. The Balaban J connectivity index is 0.921. The lowest BCUT2D eigenvalue weighted by atomic mass is 9.78. The van der Waals surface area contributed by atoms with Crippen molar-refractivity contribution in [2.24, 2.45) is 10.9 Å². The zero-order valence-electron chi connectivity index (χ0n) is 37.6. The van der Waals surface area contributed by atoms with E-state index in [4.69, 9.17) is 15.0 Å². The van der Waals surface area contributed by atoms with Gasteiger partial charge >= 0.3 is 0 Å². The molecule has 0 saturated heterocycles. The Morgan fingerprint density at radius 3 is 1.59 bits per heavy atom. The molecule has 1 aromatic heterocycles. The van der Waals surface area contributed by atoms with Gasteiger partial charge in [0.05, 0.1) is 22.6 Å². The van der Waals surface area contributed by atoms with Crippen LogP contribution in [0.15, 0.2) is 236 Å². The van der Waals surface area contributed by atoms with E-state index < -0.39 is 0 Å². The summed E-state index contributed by atoms with van der Waals surface area (Å²) in [5.41, 5.74) is 12.4. The number of hydrogen-bond donors (Lipinski definition) is 0. The van der Waals surface area contributed by atoms with Gasteiger partial charge in [-0.1, -0.05) is 195 Å². The van der Waals surface area contributed by atoms with Crippen molar-refractivity contribution in [1.82, 2.24) is 9.97 Å². The second-order valence-corrected chi connectivity index (χ2v) is 18.1. The summed E-state index contributed by atoms with van der Waals surface area (Å²) < 4.78 is 0. The highest BCUT2D eigenvalue weighted by Crippen LogP contribution is 2.43. The van der Waals surface area contributed by atoms with Crippen LogP contribution in [-0.4, -0.2) is 9.97 Å². The van der Waals surface area contributed by atoms with E-state index in [0.717, 1.165) is 45.1 Å². The molecule has 11 aromatic carbocycles. The molecule has 3 nitrogen and oxygen atoms in total. The third-order valence-electron chi connectivity index (χ3n) is 14.2. The van der Waals surface area contributed by atoms with Crippen molar-refractivity contribution in [3.05, 3.63) is 252 Å². The van der Waals surface area contributed by atoms with Crippen LogP contribution in [0.25, 0.3) is 104 Å². The molecule has 0 radical (unpaired) electrons. The van der Waals surface area contributed by atoms with Crippen LogP contribution < -0.4 is 10.6 Å². The molecule has 3 heteroatoms. The van der Waals surface area contributed by atoms with E-state index in [-0.39, 0.29) is 12.0 Å². The lowest BCUT2D eigenvalue weighted by Crippen LogP contribution is -2.36. The SMILES string of the molecule is CCC1C(c2cccc(-c3nc(-c4cccc(-c5cc6ccccc6c6ccccc56)c4)nc4ccccc34)c2)=c2ccccc2=NC1c1cccc(-c2cc3ccccc3c3ccccc23)c1. The van der Waals surface area contributed by atoms with E-state index in [0.29, 0.717) is 5.82 Å². The van der Waals surface area contributed by atoms with Crippen molar-refractivity contribution in [3.63, 3.8) is 0 Å². The largest absolute Gasteiger partial charge is 0.276 e. The second kappa shape index (κ2) is 16.4. The number of rotatable bonds is 7. The van der Waals surface area contributed by atoms with Crippen LogP contribution >= 0.6 is 0 Å². The Kier molecular flexibility index (Phi) is 9.61. The Labute approximate surface area is 395 Å². The molecule has 0 bridgehead atoms. The van der Waals surface area contributed by atoms with Crippen molar-refractivity contribution in [1.29, 1.82) is 0 Å². The van der Waals surface area contributed by atoms with Crippen LogP contribution in [0.5, 0.6) is 0 Å². The summed E-state index contributed by atoms with van der Waals surface area (Å²) in [6.45, 7) is 2.31. The molecule has 0 amide bonds. The quantitative estimate of drug-likeness (QED) is 0.150. The zero-order valence-corrected chi connectivity index (χ0v) is 37.6. The number of hydrogen-bond acceptors (Lipinski definition) is 3. The van der Waals surface area contributed by atoms with Gasteiger partial charge in [-0.25, -0.2) is 9.97 Å². The van der Waals surface area contributed by atoms with Gasteiger partial charge in [-0.3, -0.25) is 4.99 Å². The summed E-state index contributed by atoms with van der Waals surface area (Å²) >= 11 is 0. The summed E-state index contributed by atoms with van der Waals surface area (Å²) in [6, 6.07) is 83.5. The van der Waals surface area contributed by atoms with Crippen molar-refractivity contribution < 1.29 is 0 Å². The van der Waals surface area contributed by atoms with Gasteiger partial charge < -0.3 is 0 Å². The summed E-state index contributed by atoms with van der Waals surface area (Å²) in [5.74, 6) is 0.839. The molecule has 2 heterocycles. The van der Waals surface area contributed by atoms with Gasteiger partial charge in [0.25, 0.3) is 0 Å². The minimum absolute atomic E-state index is 0.0706. The van der Waals surface area contributed by atoms with Gasteiger partial charge in [-0.05, 0) is 131 Å². The molecule has 0 fully saturated rings. The van der Waals surface area contributed by atoms with Crippen LogP contribution in [0.2, 0.25) is 0 Å². The third kappa shape index (κ3) is 6.69. The van der Waals surface area contributed by atoms with E-state index in [9.17, 15) is 0 Å². The van der Waals surface area contributed by atoms with Crippen LogP contribution in [0.3, 0.4) is 0 Å². The standard InChI is InChI=1S/C65H45N3/c1-2-49-62(56-32-11-13-34-60(56)66-63(49)46-23-15-20-41(36-46)58-39-43-18-3-5-26-50(43)52-28-7-9-30-54(52)58)45-22-17-24-47(38-45)64-57-33-12-14-35-61(57)67-65(68-64)48-25-16-21-42(37-48)59-40-44-19-4-6-27-51(44)53-29-8-10-31-55(53)59/h3-40,49,63H,2H2,1H3. The number of benzene rings is 11. The first-order chi connectivity index (χ1) is 33.7. The van der Waals surface area contributed by atoms with Gasteiger partial charge in [0.15, 0.2) is 5.82 Å². The lowest BCUT2D eigenvalue weighted by molar-refractivity contribution is 0.502. The minimum Gasteiger partial charge on any atom is -0.276 e. The first kappa shape index (κ1) is 39.8. The first-order valence-electron chi connectivity index (χ1n) is 23.7. The van der Waals surface area contributed by atoms with Crippen molar-refractivity contribution in [3.8, 4) is 44.9 Å². The molecular formula is C65H45N3. The fraction of sp³-hybridized carbons (Fsp3) is 0.0615. The predicted molar refractivity (Wildman–Crippen MR) is 284 cm³/mol. The molecule has 1 aliphatic rings. The number of aromatic nitrogens is 2. The molecule has 0 saturated carbocycles. The van der Waals surface area contributed by atoms with Crippen molar-refractivity contribution >= 4 is 59.6 Å². The van der Waals surface area contributed by atoms with Gasteiger partial charge in [0.2, 0.25) is 0 Å². The maximum absolute atomic E-state index is 5.58. The molecule has 0 aliphatic carbocycles. The molecule has 0 spiro atoms. The van der Waals surface area contributed by atoms with Crippen LogP contribution in [0.4, 0.5) is 0 Å². The highest BCUT2D eigenvalue weighted by Gasteiger charge is 2.30. The van der Waals surface area contributed by atoms with Gasteiger partial charge in [0, 0.05) is 27.6 Å². The van der Waals surface area contributed by atoms with Crippen molar-refractivity contribution in [2.75, 3.05) is 0 Å². The second-order valence-electron chi connectivity index (χ2n) is 18.1. The predicted octanol–water partition coefficient (Wildman–Crippen LogP) is 15.5. The molecule has 2 unspecified atom stereocenters. The maximum atomic E-state index is 5.58. The van der Waals surface area contributed by atoms with E-state index in [1.807, 2.05) is 0 Å². The Hall–Kier alpha value is -8.53. The Morgan fingerprint density at radius 2 is 0.897 bits per heavy atom. The Bertz CT molecular complexity index is 4110. The highest BCUT2D eigenvalue weighted by atomic mass is 14.9. The highest BCUT2D eigenvalue weighted by molar-refractivity contribution is 6.15. The fourth-order valence-corrected chi connectivity index (χ4v) is 11.1. The number of fused-ring (bicyclic) bond motifs is 8. The topological polar surface area (TPSA) is 38.1 Å². The molecule has 2 atom stereocenters. The molecule has 320 valence electrons. The van der Waals surface area contributed by atoms with Crippen LogP contribution in [-0.2, 0) is 0 Å². The smallest absolute Gasteiger partial charge is 0.160 e. The normalized spacial score (nSPS) is 14.7. The summed E-state index contributed by atoms with van der Waals surface area (Å²) in [4.78, 5) is 16.3. The van der Waals surface area contributed by atoms with E-state index >= 15 is 0 Å².